The van der Waals surface area contributed by atoms with E-state index in [1.807, 2.05) is 35.1 Å². The highest BCUT2D eigenvalue weighted by atomic mass is 16.7. The molecule has 0 spiro atoms. The van der Waals surface area contributed by atoms with Gasteiger partial charge in [0.2, 0.25) is 0 Å². The molecule has 2 aromatic carbocycles. The third kappa shape index (κ3) is 3.85. The average Bonchev–Trinajstić information content (AvgIpc) is 3.46. The molecule has 1 aliphatic heterocycles. The lowest BCUT2D eigenvalue weighted by Gasteiger charge is -2.12. The van der Waals surface area contributed by atoms with Crippen LogP contribution >= 0.6 is 0 Å². The largest absolute Gasteiger partial charge is 0.493 e. The van der Waals surface area contributed by atoms with Gasteiger partial charge in [0.1, 0.15) is 12.1 Å². The summed E-state index contributed by atoms with van der Waals surface area (Å²) in [5.41, 5.74) is 2.73. The molecule has 1 aliphatic rings. The Morgan fingerprint density at radius 2 is 1.87 bits per heavy atom. The normalized spacial score (nSPS) is 14.4. The number of ether oxygens (including phenoxy) is 4. The van der Waals surface area contributed by atoms with E-state index in [0.29, 0.717) is 30.5 Å². The van der Waals surface area contributed by atoms with Gasteiger partial charge in [-0.1, -0.05) is 0 Å². The molecular weight excluding hydrogens is 398 g/mol. The summed E-state index contributed by atoms with van der Waals surface area (Å²) in [6, 6.07) is 9.83. The minimum Gasteiger partial charge on any atom is -0.493 e. The summed E-state index contributed by atoms with van der Waals surface area (Å²) < 4.78 is 23.8. The van der Waals surface area contributed by atoms with Gasteiger partial charge in [-0.25, -0.2) is 9.97 Å². The van der Waals surface area contributed by atoms with Crippen LogP contribution in [-0.4, -0.2) is 53.5 Å². The Morgan fingerprint density at radius 1 is 1.06 bits per heavy atom. The van der Waals surface area contributed by atoms with Gasteiger partial charge in [0.15, 0.2) is 17.8 Å². The van der Waals surface area contributed by atoms with Crippen LogP contribution in [0.1, 0.15) is 6.42 Å². The van der Waals surface area contributed by atoms with Crippen molar-refractivity contribution >= 4 is 33.3 Å². The molecule has 31 heavy (non-hydrogen) atoms. The smallest absolute Gasteiger partial charge is 0.162 e. The Labute approximate surface area is 178 Å². The Hall–Kier alpha value is -3.43. The molecule has 9 heteroatoms. The molecule has 5 rings (SSSR count). The molecule has 2 aromatic heterocycles. The zero-order valence-corrected chi connectivity index (χ0v) is 17.4. The van der Waals surface area contributed by atoms with Gasteiger partial charge in [0, 0.05) is 35.5 Å². The third-order valence-electron chi connectivity index (χ3n) is 5.31. The van der Waals surface area contributed by atoms with Crippen molar-refractivity contribution in [3.05, 3.63) is 42.9 Å². The molecule has 0 bridgehead atoms. The number of aryl methyl sites for hydroxylation is 1. The van der Waals surface area contributed by atoms with Gasteiger partial charge in [0.25, 0.3) is 0 Å². The molecule has 0 unspecified atom stereocenters. The van der Waals surface area contributed by atoms with Crippen molar-refractivity contribution in [2.75, 3.05) is 32.8 Å². The van der Waals surface area contributed by atoms with Gasteiger partial charge >= 0.3 is 0 Å². The second-order valence-corrected chi connectivity index (χ2v) is 7.17. The van der Waals surface area contributed by atoms with Crippen molar-refractivity contribution in [1.82, 2.24) is 19.7 Å². The maximum Gasteiger partial charge on any atom is 0.162 e. The highest BCUT2D eigenvalue weighted by molar-refractivity contribution is 5.94. The monoisotopic (exact) mass is 421 g/mol. The molecule has 9 nitrogen and oxygen atoms in total. The number of nitrogens with zero attached hydrogens (tertiary/aromatic N) is 4. The summed E-state index contributed by atoms with van der Waals surface area (Å²) in [6.45, 7) is 2.06. The predicted molar refractivity (Wildman–Crippen MR) is 116 cm³/mol. The zero-order chi connectivity index (χ0) is 21.2. The Morgan fingerprint density at radius 3 is 2.68 bits per heavy atom. The highest BCUT2D eigenvalue weighted by Crippen LogP contribution is 2.34. The predicted octanol–water partition coefficient (Wildman–Crippen LogP) is 3.50. The summed E-state index contributed by atoms with van der Waals surface area (Å²) in [5.74, 6) is 1.94. The van der Waals surface area contributed by atoms with Crippen LogP contribution in [0, 0.1) is 0 Å². The molecule has 1 N–H and O–H groups in total. The maximum absolute atomic E-state index is 5.51. The topological polar surface area (TPSA) is 92.6 Å². The number of benzene rings is 2. The molecule has 0 saturated carbocycles. The highest BCUT2D eigenvalue weighted by Gasteiger charge is 2.16. The molecule has 0 aliphatic carbocycles. The first-order valence-corrected chi connectivity index (χ1v) is 10.1. The van der Waals surface area contributed by atoms with E-state index in [1.165, 1.54) is 6.33 Å². The fourth-order valence-corrected chi connectivity index (χ4v) is 3.76. The molecule has 3 heterocycles. The number of rotatable bonds is 7. The number of hydrogen-bond acceptors (Lipinski definition) is 8. The van der Waals surface area contributed by atoms with E-state index >= 15 is 0 Å². The van der Waals surface area contributed by atoms with Crippen molar-refractivity contribution in [2.24, 2.45) is 0 Å². The van der Waals surface area contributed by atoms with E-state index in [0.717, 1.165) is 40.5 Å². The molecule has 4 aromatic rings. The Bertz CT molecular complexity index is 1220. The quantitative estimate of drug-likeness (QED) is 0.485. The molecule has 160 valence electrons. The van der Waals surface area contributed by atoms with Gasteiger partial charge < -0.3 is 24.3 Å². The molecular formula is C22H23N5O4. The SMILES string of the molecule is COc1cc2ncnc(Nc3ccc4c(cnn4CCC4OCCO4)c3)c2cc1OC. The van der Waals surface area contributed by atoms with Crippen LogP contribution in [0.5, 0.6) is 11.5 Å². The van der Waals surface area contributed by atoms with Gasteiger partial charge in [-0.2, -0.15) is 5.10 Å². The summed E-state index contributed by atoms with van der Waals surface area (Å²) in [7, 11) is 3.21. The maximum atomic E-state index is 5.51. The molecule has 0 amide bonds. The van der Waals surface area contributed by atoms with Crippen molar-refractivity contribution in [2.45, 2.75) is 19.3 Å². The minimum absolute atomic E-state index is 0.137. The lowest BCUT2D eigenvalue weighted by Crippen LogP contribution is -2.12. The van der Waals surface area contributed by atoms with Gasteiger partial charge in [-0.3, -0.25) is 4.68 Å². The number of methoxy groups -OCH3 is 2. The fraction of sp³-hybridized carbons (Fsp3) is 0.318. The first-order valence-electron chi connectivity index (χ1n) is 10.1. The second kappa shape index (κ2) is 8.37. The number of nitrogens with one attached hydrogen (secondary N) is 1. The van der Waals surface area contributed by atoms with E-state index in [1.54, 1.807) is 14.2 Å². The van der Waals surface area contributed by atoms with E-state index in [4.69, 9.17) is 18.9 Å². The second-order valence-electron chi connectivity index (χ2n) is 7.17. The van der Waals surface area contributed by atoms with E-state index < -0.39 is 0 Å². The van der Waals surface area contributed by atoms with Crippen molar-refractivity contribution in [3.8, 4) is 11.5 Å². The van der Waals surface area contributed by atoms with Crippen LogP contribution in [0.4, 0.5) is 11.5 Å². The lowest BCUT2D eigenvalue weighted by molar-refractivity contribution is -0.0493. The number of anilines is 2. The summed E-state index contributed by atoms with van der Waals surface area (Å²) >= 11 is 0. The Balaban J connectivity index is 1.40. The first-order chi connectivity index (χ1) is 15.2. The van der Waals surface area contributed by atoms with E-state index in [2.05, 4.69) is 26.4 Å². The minimum atomic E-state index is -0.137. The number of hydrogen-bond donors (Lipinski definition) is 1. The fourth-order valence-electron chi connectivity index (χ4n) is 3.76. The van der Waals surface area contributed by atoms with Gasteiger partial charge in [0.05, 0.1) is 44.7 Å². The molecule has 0 atom stereocenters. The summed E-state index contributed by atoms with van der Waals surface area (Å²) in [6.07, 6.45) is 4.03. The molecule has 0 radical (unpaired) electrons. The summed E-state index contributed by atoms with van der Waals surface area (Å²) in [5, 5.41) is 9.79. The van der Waals surface area contributed by atoms with Crippen LogP contribution in [-0.2, 0) is 16.0 Å². The summed E-state index contributed by atoms with van der Waals surface area (Å²) in [4.78, 5) is 8.78. The van der Waals surface area contributed by atoms with Gasteiger partial charge in [-0.15, -0.1) is 0 Å². The average molecular weight is 421 g/mol. The van der Waals surface area contributed by atoms with Crippen LogP contribution in [0.25, 0.3) is 21.8 Å². The molecule has 1 fully saturated rings. The van der Waals surface area contributed by atoms with Crippen molar-refractivity contribution in [3.63, 3.8) is 0 Å². The van der Waals surface area contributed by atoms with Crippen molar-refractivity contribution in [1.29, 1.82) is 0 Å². The van der Waals surface area contributed by atoms with E-state index in [-0.39, 0.29) is 6.29 Å². The standard InChI is InChI=1S/C22H23N5O4/c1-28-19-10-16-17(11-20(19)29-2)23-13-24-22(16)26-15-3-4-18-14(9-15)12-25-27(18)6-5-21-30-7-8-31-21/h3-4,9-13,21H,5-8H2,1-2H3,(H,23,24,26). The van der Waals surface area contributed by atoms with Crippen LogP contribution in [0.15, 0.2) is 42.9 Å². The van der Waals surface area contributed by atoms with Crippen LogP contribution in [0.2, 0.25) is 0 Å². The third-order valence-corrected chi connectivity index (χ3v) is 5.31. The van der Waals surface area contributed by atoms with Gasteiger partial charge in [-0.05, 0) is 24.3 Å². The number of fused-ring (bicyclic) bond motifs is 2. The zero-order valence-electron chi connectivity index (χ0n) is 17.4. The first kappa shape index (κ1) is 19.5. The Kier molecular flexibility index (Phi) is 5.27. The number of aromatic nitrogens is 4. The van der Waals surface area contributed by atoms with Crippen molar-refractivity contribution < 1.29 is 18.9 Å². The van der Waals surface area contributed by atoms with Crippen LogP contribution in [0.3, 0.4) is 0 Å². The molecule has 1 saturated heterocycles. The van der Waals surface area contributed by atoms with E-state index in [9.17, 15) is 0 Å². The van der Waals surface area contributed by atoms with Crippen LogP contribution < -0.4 is 14.8 Å². The lowest BCUT2D eigenvalue weighted by atomic mass is 10.2.